The van der Waals surface area contributed by atoms with Crippen molar-refractivity contribution in [3.05, 3.63) is 23.3 Å². The molecule has 11 heteroatoms. The standard InChI is InChI=1S/C26H36F3N3O5/c1-16(2)32(17-10-8-7-9-11-17)22(33)18-14-20-21(15-19(18)26(27,28)29)37-25(3,4)23(34)31(20)13-12-30(5)24(35)36-6/h14-17H,7-13H2,1-6H3. The van der Waals surface area contributed by atoms with Crippen molar-refractivity contribution in [1.29, 1.82) is 0 Å². The molecule has 0 spiro atoms. The highest BCUT2D eigenvalue weighted by molar-refractivity contribution is 6.05. The first kappa shape index (κ1) is 28.6. The van der Waals surface area contributed by atoms with E-state index < -0.39 is 40.8 Å². The second-order valence-electron chi connectivity index (χ2n) is 10.4. The maximum atomic E-state index is 14.3. The number of benzene rings is 1. The van der Waals surface area contributed by atoms with Crippen LogP contribution >= 0.6 is 0 Å². The number of methoxy groups -OCH3 is 1. The van der Waals surface area contributed by atoms with Crippen molar-refractivity contribution in [2.24, 2.45) is 0 Å². The second kappa shape index (κ2) is 10.8. The van der Waals surface area contributed by atoms with E-state index in [4.69, 9.17) is 4.74 Å². The summed E-state index contributed by atoms with van der Waals surface area (Å²) in [5.41, 5.74) is -3.01. The summed E-state index contributed by atoms with van der Waals surface area (Å²) in [7, 11) is 2.70. The fourth-order valence-electron chi connectivity index (χ4n) is 5.06. The van der Waals surface area contributed by atoms with Gasteiger partial charge in [-0.3, -0.25) is 9.59 Å². The van der Waals surface area contributed by atoms with E-state index in [9.17, 15) is 27.6 Å². The molecule has 206 valence electrons. The summed E-state index contributed by atoms with van der Waals surface area (Å²) in [6.07, 6.45) is -1.11. The van der Waals surface area contributed by atoms with Gasteiger partial charge in [0.1, 0.15) is 5.75 Å². The largest absolute Gasteiger partial charge is 0.476 e. The lowest BCUT2D eigenvalue weighted by molar-refractivity contribution is -0.138. The summed E-state index contributed by atoms with van der Waals surface area (Å²) in [6.45, 7) is 6.54. The topological polar surface area (TPSA) is 79.4 Å². The number of amides is 3. The smallest absolute Gasteiger partial charge is 0.417 e. The minimum atomic E-state index is -4.82. The van der Waals surface area contributed by atoms with Gasteiger partial charge in [0.15, 0.2) is 5.60 Å². The van der Waals surface area contributed by atoms with Crippen LogP contribution in [0, 0.1) is 0 Å². The summed E-state index contributed by atoms with van der Waals surface area (Å²) in [5, 5.41) is 0. The lowest BCUT2D eigenvalue weighted by Gasteiger charge is -2.41. The number of ether oxygens (including phenoxy) is 2. The van der Waals surface area contributed by atoms with E-state index in [-0.39, 0.29) is 36.6 Å². The van der Waals surface area contributed by atoms with Crippen LogP contribution < -0.4 is 9.64 Å². The monoisotopic (exact) mass is 527 g/mol. The molecule has 1 fully saturated rings. The van der Waals surface area contributed by atoms with E-state index in [0.29, 0.717) is 0 Å². The maximum Gasteiger partial charge on any atom is 0.417 e. The molecule has 0 bridgehead atoms. The molecule has 2 aliphatic rings. The summed E-state index contributed by atoms with van der Waals surface area (Å²) in [6, 6.07) is 1.46. The molecule has 0 saturated heterocycles. The fourth-order valence-corrected chi connectivity index (χ4v) is 5.06. The number of likely N-dealkylation sites (N-methyl/N-ethyl adjacent to an activating group) is 1. The van der Waals surface area contributed by atoms with Crippen molar-refractivity contribution in [3.8, 4) is 5.75 Å². The molecule has 1 aromatic carbocycles. The van der Waals surface area contributed by atoms with Gasteiger partial charge in [-0.05, 0) is 52.7 Å². The van der Waals surface area contributed by atoms with Crippen LogP contribution in [0.3, 0.4) is 0 Å². The van der Waals surface area contributed by atoms with Gasteiger partial charge in [-0.1, -0.05) is 19.3 Å². The molecule has 0 aromatic heterocycles. The van der Waals surface area contributed by atoms with Crippen LogP contribution in [0.2, 0.25) is 0 Å². The Kier molecular flexibility index (Phi) is 8.34. The minimum absolute atomic E-state index is 0.0280. The third-order valence-electron chi connectivity index (χ3n) is 6.96. The first-order valence-corrected chi connectivity index (χ1v) is 12.6. The van der Waals surface area contributed by atoms with E-state index in [1.807, 2.05) is 0 Å². The number of carbonyl (C=O) groups excluding carboxylic acids is 3. The third kappa shape index (κ3) is 5.96. The second-order valence-corrected chi connectivity index (χ2v) is 10.4. The molecular formula is C26H36F3N3O5. The lowest BCUT2D eigenvalue weighted by atomic mass is 9.92. The van der Waals surface area contributed by atoms with Crippen LogP contribution in [0.1, 0.15) is 75.7 Å². The van der Waals surface area contributed by atoms with Gasteiger partial charge in [0.2, 0.25) is 0 Å². The first-order chi connectivity index (χ1) is 17.2. The van der Waals surface area contributed by atoms with Crippen molar-refractivity contribution < 1.29 is 37.0 Å². The fraction of sp³-hybridized carbons (Fsp3) is 0.654. The summed E-state index contributed by atoms with van der Waals surface area (Å²) < 4.78 is 53.2. The van der Waals surface area contributed by atoms with E-state index in [0.717, 1.165) is 44.2 Å². The Morgan fingerprint density at radius 3 is 2.35 bits per heavy atom. The molecule has 37 heavy (non-hydrogen) atoms. The minimum Gasteiger partial charge on any atom is -0.476 e. The highest BCUT2D eigenvalue weighted by Crippen LogP contribution is 2.44. The maximum absolute atomic E-state index is 14.3. The van der Waals surface area contributed by atoms with Crippen LogP contribution in [-0.4, -0.2) is 72.6 Å². The number of nitrogens with zero attached hydrogens (tertiary/aromatic N) is 3. The molecule has 3 amide bonds. The Hall–Kier alpha value is -2.98. The van der Waals surface area contributed by atoms with Gasteiger partial charge in [0.25, 0.3) is 11.8 Å². The van der Waals surface area contributed by atoms with Gasteiger partial charge >= 0.3 is 12.3 Å². The number of halogens is 3. The van der Waals surface area contributed by atoms with Crippen molar-refractivity contribution in [3.63, 3.8) is 0 Å². The predicted molar refractivity (Wildman–Crippen MR) is 132 cm³/mol. The van der Waals surface area contributed by atoms with Gasteiger partial charge in [0, 0.05) is 32.2 Å². The Morgan fingerprint density at radius 1 is 1.19 bits per heavy atom. The van der Waals surface area contributed by atoms with E-state index >= 15 is 0 Å². The number of carbonyl (C=O) groups is 3. The van der Waals surface area contributed by atoms with Gasteiger partial charge < -0.3 is 24.2 Å². The zero-order valence-electron chi connectivity index (χ0n) is 22.3. The average Bonchev–Trinajstić information content (AvgIpc) is 2.82. The summed E-state index contributed by atoms with van der Waals surface area (Å²) in [4.78, 5) is 42.9. The first-order valence-electron chi connectivity index (χ1n) is 12.6. The van der Waals surface area contributed by atoms with Crippen LogP contribution in [0.25, 0.3) is 0 Å². The zero-order chi connectivity index (χ0) is 27.7. The van der Waals surface area contributed by atoms with E-state index in [1.54, 1.807) is 18.7 Å². The van der Waals surface area contributed by atoms with Gasteiger partial charge in [0.05, 0.1) is 23.9 Å². The van der Waals surface area contributed by atoms with E-state index in [2.05, 4.69) is 4.74 Å². The molecule has 0 atom stereocenters. The third-order valence-corrected chi connectivity index (χ3v) is 6.96. The predicted octanol–water partition coefficient (Wildman–Crippen LogP) is 5.09. The highest BCUT2D eigenvalue weighted by Gasteiger charge is 2.45. The molecule has 1 aliphatic heterocycles. The molecule has 1 heterocycles. The quantitative estimate of drug-likeness (QED) is 0.515. The van der Waals surface area contributed by atoms with Crippen molar-refractivity contribution in [1.82, 2.24) is 9.80 Å². The molecule has 0 unspecified atom stereocenters. The highest BCUT2D eigenvalue weighted by atomic mass is 19.4. The summed E-state index contributed by atoms with van der Waals surface area (Å²) >= 11 is 0. The van der Waals surface area contributed by atoms with E-state index in [1.165, 1.54) is 37.8 Å². The number of fused-ring (bicyclic) bond motifs is 1. The molecule has 8 nitrogen and oxygen atoms in total. The summed E-state index contributed by atoms with van der Waals surface area (Å²) in [5.74, 6) is -1.37. The molecular weight excluding hydrogens is 491 g/mol. The van der Waals surface area contributed by atoms with Gasteiger partial charge in [-0.25, -0.2) is 4.79 Å². The SMILES string of the molecule is COC(=O)N(C)CCN1C(=O)C(C)(C)Oc2cc(C(F)(F)F)c(C(=O)N(C(C)C)C3CCCCC3)cc21. The molecule has 0 N–H and O–H groups in total. The molecule has 1 aromatic rings. The molecule has 3 rings (SSSR count). The number of alkyl halides is 3. The molecule has 1 aliphatic carbocycles. The van der Waals surface area contributed by atoms with Crippen LogP contribution in [0.4, 0.5) is 23.7 Å². The number of anilines is 1. The van der Waals surface area contributed by atoms with Crippen LogP contribution in [0.5, 0.6) is 5.75 Å². The van der Waals surface area contributed by atoms with Crippen LogP contribution in [-0.2, 0) is 15.7 Å². The Bertz CT molecular complexity index is 1040. The Balaban J connectivity index is 2.11. The average molecular weight is 528 g/mol. The number of rotatable bonds is 6. The van der Waals surface area contributed by atoms with Crippen molar-refractivity contribution >= 4 is 23.6 Å². The number of hydrogen-bond acceptors (Lipinski definition) is 5. The molecule has 1 saturated carbocycles. The normalized spacial score (nSPS) is 17.8. The van der Waals surface area contributed by atoms with Crippen molar-refractivity contribution in [2.45, 2.75) is 83.7 Å². The molecule has 0 radical (unpaired) electrons. The van der Waals surface area contributed by atoms with Crippen LogP contribution in [0.15, 0.2) is 12.1 Å². The van der Waals surface area contributed by atoms with Crippen molar-refractivity contribution in [2.75, 3.05) is 32.1 Å². The lowest BCUT2D eigenvalue weighted by Crippen LogP contribution is -2.54. The Morgan fingerprint density at radius 2 is 1.81 bits per heavy atom. The van der Waals surface area contributed by atoms with Gasteiger partial charge in [-0.15, -0.1) is 0 Å². The Labute approximate surface area is 215 Å². The number of hydrogen-bond donors (Lipinski definition) is 0. The van der Waals surface area contributed by atoms with Gasteiger partial charge in [-0.2, -0.15) is 13.2 Å². The zero-order valence-corrected chi connectivity index (χ0v) is 22.3.